The predicted octanol–water partition coefficient (Wildman–Crippen LogP) is 1.07. The zero-order valence-electron chi connectivity index (χ0n) is 16.6. The summed E-state index contributed by atoms with van der Waals surface area (Å²) >= 11 is 0. The molecule has 0 aromatic heterocycles. The van der Waals surface area contributed by atoms with E-state index in [4.69, 9.17) is 0 Å². The minimum Gasteiger partial charge on any atom is -0.322 e. The lowest BCUT2D eigenvalue weighted by Crippen LogP contribution is -2.56. The number of rotatable bonds is 4. The smallest absolute Gasteiger partial charge is 0.255 e. The minimum atomic E-state index is -0.556. The average Bonchev–Trinajstić information content (AvgIpc) is 3.03. The molecule has 1 atom stereocenters. The molecule has 5 rings (SSSR count). The van der Waals surface area contributed by atoms with E-state index in [1.807, 2.05) is 12.1 Å². The number of fused-ring (bicyclic) bond motifs is 1. The largest absolute Gasteiger partial charge is 0.322 e. The fourth-order valence-corrected chi connectivity index (χ4v) is 5.34. The third-order valence-corrected chi connectivity index (χ3v) is 7.31. The van der Waals surface area contributed by atoms with Gasteiger partial charge in [-0.25, -0.2) is 0 Å². The molecule has 3 aliphatic heterocycles. The molecule has 29 heavy (non-hydrogen) atoms. The van der Waals surface area contributed by atoms with E-state index in [-0.39, 0.29) is 24.1 Å². The normalized spacial score (nSPS) is 26.4. The summed E-state index contributed by atoms with van der Waals surface area (Å²) < 4.78 is 0. The molecular weight excluding hydrogens is 368 g/mol. The summed E-state index contributed by atoms with van der Waals surface area (Å²) in [5, 5.41) is 9.48. The molecule has 1 aromatic rings. The topological polar surface area (TPSA) is 90.5 Å². The Hall–Kier alpha value is -2.25. The van der Waals surface area contributed by atoms with E-state index in [9.17, 15) is 14.4 Å². The number of carbonyl (C=O) groups excluding carboxylic acids is 3. The van der Waals surface area contributed by atoms with E-state index in [2.05, 4.69) is 22.0 Å². The number of piperidine rings is 1. The third-order valence-electron chi connectivity index (χ3n) is 7.31. The van der Waals surface area contributed by atoms with E-state index >= 15 is 0 Å². The Labute approximate surface area is 170 Å². The Bertz CT molecular complexity index is 854. The highest BCUT2D eigenvalue weighted by Crippen LogP contribution is 2.39. The molecule has 1 aromatic carbocycles. The van der Waals surface area contributed by atoms with Crippen molar-refractivity contribution in [1.82, 2.24) is 20.9 Å². The van der Waals surface area contributed by atoms with Crippen molar-refractivity contribution in [2.45, 2.75) is 63.7 Å². The van der Waals surface area contributed by atoms with Crippen molar-refractivity contribution in [3.63, 3.8) is 0 Å². The standard InChI is InChI=1S/C22H28N4O3/c27-19-5-4-18(20(28)25-19)26-11-17-14(2-1-3-16(17)21(26)29)10-24-15-6-8-22(9-7-15)12-23-13-22/h1-3,15,18,23-24H,4-13H2,(H,25,27,28). The second-order valence-corrected chi connectivity index (χ2v) is 9.10. The number of carbonyl (C=O) groups is 3. The average molecular weight is 396 g/mol. The van der Waals surface area contributed by atoms with Crippen molar-refractivity contribution in [2.24, 2.45) is 5.41 Å². The number of hydrogen-bond donors (Lipinski definition) is 3. The summed E-state index contributed by atoms with van der Waals surface area (Å²) in [6, 6.07) is 5.82. The number of nitrogens with one attached hydrogen (secondary N) is 3. The zero-order chi connectivity index (χ0) is 20.0. The van der Waals surface area contributed by atoms with Gasteiger partial charge in [0, 0.05) is 44.2 Å². The maximum absolute atomic E-state index is 12.9. The van der Waals surface area contributed by atoms with Gasteiger partial charge in [-0.15, -0.1) is 0 Å². The molecule has 4 aliphatic rings. The molecule has 3 amide bonds. The predicted molar refractivity (Wildman–Crippen MR) is 107 cm³/mol. The van der Waals surface area contributed by atoms with Gasteiger partial charge in [0.05, 0.1) is 0 Å². The molecule has 0 bridgehead atoms. The molecule has 3 heterocycles. The maximum atomic E-state index is 12.9. The van der Waals surface area contributed by atoms with E-state index < -0.39 is 6.04 Å². The van der Waals surface area contributed by atoms with Crippen molar-refractivity contribution in [1.29, 1.82) is 0 Å². The van der Waals surface area contributed by atoms with Crippen molar-refractivity contribution < 1.29 is 14.4 Å². The quantitative estimate of drug-likeness (QED) is 0.663. The van der Waals surface area contributed by atoms with Crippen LogP contribution in [-0.4, -0.2) is 47.8 Å². The van der Waals surface area contributed by atoms with Crippen LogP contribution in [0.3, 0.4) is 0 Å². The highest BCUT2D eigenvalue weighted by molar-refractivity contribution is 6.05. The molecule has 7 heteroatoms. The summed E-state index contributed by atoms with van der Waals surface area (Å²) in [5.41, 5.74) is 3.40. The van der Waals surface area contributed by atoms with Crippen LogP contribution < -0.4 is 16.0 Å². The molecule has 1 unspecified atom stereocenters. The fraction of sp³-hybridized carbons (Fsp3) is 0.591. The van der Waals surface area contributed by atoms with Crippen LogP contribution in [0.1, 0.15) is 60.0 Å². The van der Waals surface area contributed by atoms with Crippen LogP contribution in [0.25, 0.3) is 0 Å². The minimum absolute atomic E-state index is 0.103. The summed E-state index contributed by atoms with van der Waals surface area (Å²) in [5.74, 6) is -0.718. The Morgan fingerprint density at radius 3 is 2.59 bits per heavy atom. The van der Waals surface area contributed by atoms with Gasteiger partial charge in [0.15, 0.2) is 0 Å². The Kier molecular flexibility index (Phi) is 4.67. The lowest BCUT2D eigenvalue weighted by atomic mass is 9.68. The summed E-state index contributed by atoms with van der Waals surface area (Å²) in [6.07, 6.45) is 5.66. The highest BCUT2D eigenvalue weighted by atomic mass is 16.2. The van der Waals surface area contributed by atoms with Crippen LogP contribution in [0.5, 0.6) is 0 Å². The monoisotopic (exact) mass is 396 g/mol. The molecule has 0 radical (unpaired) electrons. The Morgan fingerprint density at radius 2 is 1.90 bits per heavy atom. The van der Waals surface area contributed by atoms with Gasteiger partial charge >= 0.3 is 0 Å². The van der Waals surface area contributed by atoms with E-state index in [0.29, 0.717) is 30.0 Å². The van der Waals surface area contributed by atoms with Crippen molar-refractivity contribution >= 4 is 17.7 Å². The first-order valence-electron chi connectivity index (χ1n) is 10.7. The Morgan fingerprint density at radius 1 is 1.10 bits per heavy atom. The summed E-state index contributed by atoms with van der Waals surface area (Å²) in [4.78, 5) is 38.2. The van der Waals surface area contributed by atoms with Gasteiger partial charge in [0.2, 0.25) is 11.8 Å². The number of imide groups is 1. The van der Waals surface area contributed by atoms with Crippen LogP contribution in [0.2, 0.25) is 0 Å². The molecule has 7 nitrogen and oxygen atoms in total. The van der Waals surface area contributed by atoms with Crippen LogP contribution in [-0.2, 0) is 22.7 Å². The number of hydrogen-bond acceptors (Lipinski definition) is 5. The number of nitrogens with zero attached hydrogens (tertiary/aromatic N) is 1. The van der Waals surface area contributed by atoms with E-state index in [0.717, 1.165) is 17.7 Å². The first-order valence-corrected chi connectivity index (χ1v) is 10.7. The van der Waals surface area contributed by atoms with Gasteiger partial charge in [0.25, 0.3) is 5.91 Å². The summed E-state index contributed by atoms with van der Waals surface area (Å²) in [7, 11) is 0. The van der Waals surface area contributed by atoms with Gasteiger partial charge < -0.3 is 15.5 Å². The molecule has 154 valence electrons. The molecule has 3 fully saturated rings. The second-order valence-electron chi connectivity index (χ2n) is 9.10. The third kappa shape index (κ3) is 3.36. The van der Waals surface area contributed by atoms with Crippen LogP contribution >= 0.6 is 0 Å². The molecule has 3 N–H and O–H groups in total. The highest BCUT2D eigenvalue weighted by Gasteiger charge is 2.41. The van der Waals surface area contributed by atoms with Crippen LogP contribution in [0.15, 0.2) is 18.2 Å². The van der Waals surface area contributed by atoms with E-state index in [1.54, 1.807) is 4.90 Å². The van der Waals surface area contributed by atoms with Crippen LogP contribution in [0, 0.1) is 5.41 Å². The molecule has 1 aliphatic carbocycles. The van der Waals surface area contributed by atoms with Crippen LogP contribution in [0.4, 0.5) is 0 Å². The lowest BCUT2D eigenvalue weighted by Gasteiger charge is -2.47. The van der Waals surface area contributed by atoms with Gasteiger partial charge in [-0.3, -0.25) is 19.7 Å². The number of amides is 3. The Balaban J connectivity index is 1.25. The second kappa shape index (κ2) is 7.22. The van der Waals surface area contributed by atoms with E-state index in [1.165, 1.54) is 38.8 Å². The van der Waals surface area contributed by atoms with Crippen molar-refractivity contribution in [3.8, 4) is 0 Å². The molecule has 1 saturated carbocycles. The van der Waals surface area contributed by atoms with Gasteiger partial charge in [0.1, 0.15) is 6.04 Å². The fourth-order valence-electron chi connectivity index (χ4n) is 5.34. The van der Waals surface area contributed by atoms with Crippen molar-refractivity contribution in [2.75, 3.05) is 13.1 Å². The van der Waals surface area contributed by atoms with Gasteiger partial charge in [-0.1, -0.05) is 12.1 Å². The first-order chi connectivity index (χ1) is 14.0. The summed E-state index contributed by atoms with van der Waals surface area (Å²) in [6.45, 7) is 3.53. The SMILES string of the molecule is O=C1CCC(N2Cc3c(CNC4CCC5(CC4)CNC5)cccc3C2=O)C(=O)N1. The van der Waals surface area contributed by atoms with Gasteiger partial charge in [-0.2, -0.15) is 0 Å². The first kappa shape index (κ1) is 18.8. The maximum Gasteiger partial charge on any atom is 0.255 e. The lowest BCUT2D eigenvalue weighted by molar-refractivity contribution is -0.136. The van der Waals surface area contributed by atoms with Gasteiger partial charge in [-0.05, 0) is 54.7 Å². The molecule has 1 spiro atoms. The zero-order valence-corrected chi connectivity index (χ0v) is 16.6. The number of benzene rings is 1. The van der Waals surface area contributed by atoms with Crippen molar-refractivity contribution in [3.05, 3.63) is 34.9 Å². The molecule has 2 saturated heterocycles. The molecular formula is C22H28N4O3.